The first-order valence-electron chi connectivity index (χ1n) is 7.30. The lowest BCUT2D eigenvalue weighted by Crippen LogP contribution is -2.17. The Kier molecular flexibility index (Phi) is 3.75. The minimum Gasteiger partial charge on any atom is -0.384 e. The highest BCUT2D eigenvalue weighted by atomic mass is 15.1. The summed E-state index contributed by atoms with van der Waals surface area (Å²) in [5, 5.41) is 3.41. The van der Waals surface area contributed by atoms with Gasteiger partial charge < -0.3 is 5.32 Å². The predicted octanol–water partition coefficient (Wildman–Crippen LogP) is 3.60. The van der Waals surface area contributed by atoms with E-state index >= 15 is 0 Å². The summed E-state index contributed by atoms with van der Waals surface area (Å²) >= 11 is 0. The molecule has 0 radical (unpaired) electrons. The number of hydrogen-bond donors (Lipinski definition) is 1. The number of fused-ring (bicyclic) bond motifs is 1. The maximum atomic E-state index is 3.41. The fraction of sp³-hybridized carbons (Fsp3) is 0.333. The van der Waals surface area contributed by atoms with Gasteiger partial charge in [0, 0.05) is 25.3 Å². The molecular weight excluding hydrogens is 244 g/mol. The number of rotatable bonds is 4. The van der Waals surface area contributed by atoms with Crippen molar-refractivity contribution in [3.8, 4) is 0 Å². The van der Waals surface area contributed by atoms with E-state index in [-0.39, 0.29) is 0 Å². The molecule has 0 amide bonds. The molecular formula is C18H22N2. The van der Waals surface area contributed by atoms with Crippen molar-refractivity contribution >= 4 is 5.69 Å². The molecule has 104 valence electrons. The van der Waals surface area contributed by atoms with Crippen molar-refractivity contribution in [3.05, 3.63) is 64.7 Å². The zero-order chi connectivity index (χ0) is 13.9. The number of aryl methyl sites for hydroxylation is 1. The third kappa shape index (κ3) is 3.02. The Hall–Kier alpha value is -1.80. The van der Waals surface area contributed by atoms with Gasteiger partial charge in [-0.05, 0) is 43.1 Å². The molecule has 0 aliphatic carbocycles. The van der Waals surface area contributed by atoms with Crippen LogP contribution < -0.4 is 5.32 Å². The van der Waals surface area contributed by atoms with Crippen LogP contribution in [0.3, 0.4) is 0 Å². The first kappa shape index (κ1) is 13.2. The highest BCUT2D eigenvalue weighted by Crippen LogP contribution is 2.23. The second-order valence-electron chi connectivity index (χ2n) is 5.83. The average Bonchev–Trinajstić information content (AvgIpc) is 2.86. The normalized spacial score (nSPS) is 13.3. The van der Waals surface area contributed by atoms with Gasteiger partial charge in [-0.25, -0.2) is 0 Å². The molecule has 1 N–H and O–H groups in total. The Balaban J connectivity index is 1.65. The lowest BCUT2D eigenvalue weighted by molar-refractivity contribution is 0.319. The number of nitrogens with zero attached hydrogens (tertiary/aromatic N) is 1. The van der Waals surface area contributed by atoms with Crippen LogP contribution in [0.5, 0.6) is 0 Å². The highest BCUT2D eigenvalue weighted by molar-refractivity contribution is 5.56. The summed E-state index contributed by atoms with van der Waals surface area (Å²) < 4.78 is 0. The monoisotopic (exact) mass is 266 g/mol. The van der Waals surface area contributed by atoms with Crippen LogP contribution in [0, 0.1) is 6.92 Å². The molecule has 0 fully saturated rings. The highest BCUT2D eigenvalue weighted by Gasteiger charge is 2.10. The van der Waals surface area contributed by atoms with Crippen molar-refractivity contribution < 1.29 is 0 Å². The lowest BCUT2D eigenvalue weighted by atomic mass is 10.1. The first-order chi connectivity index (χ1) is 9.70. The average molecular weight is 266 g/mol. The third-order valence-electron chi connectivity index (χ3n) is 3.87. The summed E-state index contributed by atoms with van der Waals surface area (Å²) in [6.07, 6.45) is 1.16. The van der Waals surface area contributed by atoms with Crippen LogP contribution in [-0.2, 0) is 19.5 Å². The molecule has 0 saturated heterocycles. The van der Waals surface area contributed by atoms with Crippen molar-refractivity contribution in [2.75, 3.05) is 18.9 Å². The molecule has 0 bridgehead atoms. The summed E-state index contributed by atoms with van der Waals surface area (Å²) in [7, 11) is 2.19. The molecule has 0 aromatic heterocycles. The summed E-state index contributed by atoms with van der Waals surface area (Å²) in [6.45, 7) is 5.23. The van der Waals surface area contributed by atoms with Crippen LogP contribution in [0.4, 0.5) is 5.69 Å². The Labute approximate surface area is 121 Å². The SMILES string of the molecule is Cc1cccc(CN(C)Cc2ccc3c(c2)CCN3)c1. The van der Waals surface area contributed by atoms with Crippen LogP contribution in [0.1, 0.15) is 22.3 Å². The van der Waals surface area contributed by atoms with Gasteiger partial charge >= 0.3 is 0 Å². The molecule has 0 spiro atoms. The molecule has 0 atom stereocenters. The van der Waals surface area contributed by atoms with Gasteiger partial charge in [0.2, 0.25) is 0 Å². The molecule has 1 aliphatic heterocycles. The van der Waals surface area contributed by atoms with Gasteiger partial charge in [0.1, 0.15) is 0 Å². The van der Waals surface area contributed by atoms with Crippen molar-refractivity contribution in [2.45, 2.75) is 26.4 Å². The minimum atomic E-state index is 0.997. The maximum Gasteiger partial charge on any atom is 0.0373 e. The van der Waals surface area contributed by atoms with Crippen molar-refractivity contribution in [2.24, 2.45) is 0 Å². The number of benzene rings is 2. The van der Waals surface area contributed by atoms with Crippen LogP contribution in [0.25, 0.3) is 0 Å². The van der Waals surface area contributed by atoms with Gasteiger partial charge in [-0.3, -0.25) is 4.90 Å². The second-order valence-corrected chi connectivity index (χ2v) is 5.83. The van der Waals surface area contributed by atoms with Gasteiger partial charge in [-0.15, -0.1) is 0 Å². The molecule has 2 nitrogen and oxygen atoms in total. The Morgan fingerprint density at radius 2 is 1.85 bits per heavy atom. The van der Waals surface area contributed by atoms with E-state index in [9.17, 15) is 0 Å². The topological polar surface area (TPSA) is 15.3 Å². The summed E-state index contributed by atoms with van der Waals surface area (Å²) in [6, 6.07) is 15.6. The number of anilines is 1. The third-order valence-corrected chi connectivity index (χ3v) is 3.87. The summed E-state index contributed by atoms with van der Waals surface area (Å²) in [5.41, 5.74) is 6.90. The van der Waals surface area contributed by atoms with Gasteiger partial charge in [0.05, 0.1) is 0 Å². The second kappa shape index (κ2) is 5.68. The summed E-state index contributed by atoms with van der Waals surface area (Å²) in [5.74, 6) is 0. The van der Waals surface area contributed by atoms with E-state index in [1.54, 1.807) is 0 Å². The first-order valence-corrected chi connectivity index (χ1v) is 7.30. The van der Waals surface area contributed by atoms with Gasteiger partial charge in [0.25, 0.3) is 0 Å². The zero-order valence-electron chi connectivity index (χ0n) is 12.3. The van der Waals surface area contributed by atoms with Crippen LogP contribution >= 0.6 is 0 Å². The van der Waals surface area contributed by atoms with Gasteiger partial charge in [-0.2, -0.15) is 0 Å². The Morgan fingerprint density at radius 1 is 1.05 bits per heavy atom. The maximum absolute atomic E-state index is 3.41. The van der Waals surface area contributed by atoms with Crippen LogP contribution in [-0.4, -0.2) is 18.5 Å². The Bertz CT molecular complexity index is 604. The molecule has 2 heteroatoms. The molecule has 2 aromatic carbocycles. The predicted molar refractivity (Wildman–Crippen MR) is 85.0 cm³/mol. The molecule has 2 aromatic rings. The fourth-order valence-electron chi connectivity index (χ4n) is 2.95. The van der Waals surface area contributed by atoms with Crippen molar-refractivity contribution in [1.82, 2.24) is 4.90 Å². The summed E-state index contributed by atoms with van der Waals surface area (Å²) in [4.78, 5) is 2.37. The van der Waals surface area contributed by atoms with Crippen molar-refractivity contribution in [1.29, 1.82) is 0 Å². The largest absolute Gasteiger partial charge is 0.384 e. The zero-order valence-corrected chi connectivity index (χ0v) is 12.3. The number of hydrogen-bond acceptors (Lipinski definition) is 2. The van der Waals surface area contributed by atoms with Crippen LogP contribution in [0.2, 0.25) is 0 Å². The van der Waals surface area contributed by atoms with E-state index in [4.69, 9.17) is 0 Å². The standard InChI is InChI=1S/C18H22N2/c1-14-4-3-5-15(10-14)12-20(2)13-16-6-7-18-17(11-16)8-9-19-18/h3-7,10-11,19H,8-9,12-13H2,1-2H3. The van der Waals surface area contributed by atoms with Crippen LogP contribution in [0.15, 0.2) is 42.5 Å². The molecule has 3 rings (SSSR count). The van der Waals surface area contributed by atoms with Gasteiger partial charge in [-0.1, -0.05) is 42.0 Å². The Morgan fingerprint density at radius 3 is 2.65 bits per heavy atom. The fourth-order valence-corrected chi connectivity index (χ4v) is 2.95. The van der Waals surface area contributed by atoms with E-state index in [0.29, 0.717) is 0 Å². The lowest BCUT2D eigenvalue weighted by Gasteiger charge is -2.17. The van der Waals surface area contributed by atoms with E-state index in [2.05, 4.69) is 66.7 Å². The molecule has 0 unspecified atom stereocenters. The van der Waals surface area contributed by atoms with E-state index in [1.807, 2.05) is 0 Å². The van der Waals surface area contributed by atoms with E-state index < -0.39 is 0 Å². The quantitative estimate of drug-likeness (QED) is 0.909. The molecule has 0 saturated carbocycles. The van der Waals surface area contributed by atoms with E-state index in [1.165, 1.54) is 27.9 Å². The smallest absolute Gasteiger partial charge is 0.0373 e. The van der Waals surface area contributed by atoms with Gasteiger partial charge in [0.15, 0.2) is 0 Å². The number of nitrogens with one attached hydrogen (secondary N) is 1. The molecule has 1 heterocycles. The molecule has 1 aliphatic rings. The van der Waals surface area contributed by atoms with Crippen molar-refractivity contribution in [3.63, 3.8) is 0 Å². The molecule has 20 heavy (non-hydrogen) atoms. The minimum absolute atomic E-state index is 0.997. The van der Waals surface area contributed by atoms with E-state index in [0.717, 1.165) is 26.1 Å².